The molecule has 1 aromatic carbocycles. The molecular weight excluding hydrogens is 244 g/mol. The minimum atomic E-state index is 0.490. The van der Waals surface area contributed by atoms with Crippen LogP contribution in [0.4, 0.5) is 11.4 Å². The van der Waals surface area contributed by atoms with Gasteiger partial charge in [-0.25, -0.2) is 0 Å². The summed E-state index contributed by atoms with van der Waals surface area (Å²) in [5.74, 6) is 0.764. The molecule has 1 heterocycles. The molecule has 20 heavy (non-hydrogen) atoms. The van der Waals surface area contributed by atoms with Gasteiger partial charge in [-0.2, -0.15) is 0 Å². The predicted octanol–water partition coefficient (Wildman–Crippen LogP) is 4.52. The van der Waals surface area contributed by atoms with Crippen LogP contribution in [0.5, 0.6) is 0 Å². The average Bonchev–Trinajstić information content (AvgIpc) is 2.98. The van der Waals surface area contributed by atoms with Crippen molar-refractivity contribution in [3.05, 3.63) is 24.3 Å². The van der Waals surface area contributed by atoms with E-state index in [1.54, 1.807) is 0 Å². The second-order valence-electron chi connectivity index (χ2n) is 7.55. The van der Waals surface area contributed by atoms with E-state index in [0.717, 1.165) is 5.92 Å². The van der Waals surface area contributed by atoms with Crippen LogP contribution in [0, 0.1) is 11.3 Å². The maximum atomic E-state index is 3.78. The maximum absolute atomic E-state index is 3.78. The van der Waals surface area contributed by atoms with Gasteiger partial charge < -0.3 is 10.2 Å². The van der Waals surface area contributed by atoms with Crippen LogP contribution in [0.25, 0.3) is 0 Å². The first-order valence-corrected chi connectivity index (χ1v) is 8.15. The second-order valence-corrected chi connectivity index (χ2v) is 7.55. The van der Waals surface area contributed by atoms with E-state index in [4.69, 9.17) is 0 Å². The Morgan fingerprint density at radius 1 is 1.15 bits per heavy atom. The summed E-state index contributed by atoms with van der Waals surface area (Å²) < 4.78 is 0. The van der Waals surface area contributed by atoms with Crippen LogP contribution in [-0.4, -0.2) is 19.1 Å². The fourth-order valence-electron chi connectivity index (χ4n) is 4.07. The minimum absolute atomic E-state index is 0.490. The molecule has 2 heteroatoms. The van der Waals surface area contributed by atoms with Gasteiger partial charge in [0.15, 0.2) is 0 Å². The molecule has 1 N–H and O–H groups in total. The maximum Gasteiger partial charge on any atom is 0.0386 e. The Balaban J connectivity index is 1.70. The number of nitrogens with zero attached hydrogens (tertiary/aromatic N) is 1. The summed E-state index contributed by atoms with van der Waals surface area (Å²) in [7, 11) is 0. The van der Waals surface area contributed by atoms with Gasteiger partial charge in [0.1, 0.15) is 0 Å². The third-order valence-corrected chi connectivity index (χ3v) is 5.00. The zero-order valence-electron chi connectivity index (χ0n) is 13.2. The third-order valence-electron chi connectivity index (χ3n) is 5.00. The largest absolute Gasteiger partial charge is 0.382 e. The Morgan fingerprint density at radius 2 is 1.90 bits per heavy atom. The van der Waals surface area contributed by atoms with Crippen molar-refractivity contribution in [1.82, 2.24) is 0 Å². The lowest BCUT2D eigenvalue weighted by Crippen LogP contribution is -2.23. The second kappa shape index (κ2) is 5.31. The molecule has 1 saturated heterocycles. The highest BCUT2D eigenvalue weighted by Gasteiger charge is 2.36. The van der Waals surface area contributed by atoms with Crippen molar-refractivity contribution in [3.8, 4) is 0 Å². The molecule has 2 atom stereocenters. The molecule has 0 spiro atoms. The Kier molecular flexibility index (Phi) is 3.66. The lowest BCUT2D eigenvalue weighted by atomic mass is 9.91. The lowest BCUT2D eigenvalue weighted by molar-refractivity contribution is 0.366. The van der Waals surface area contributed by atoms with E-state index in [0.29, 0.717) is 11.5 Å². The number of benzene rings is 1. The molecule has 110 valence electrons. The lowest BCUT2D eigenvalue weighted by Gasteiger charge is -2.22. The molecule has 2 aliphatic rings. The fourth-order valence-corrected chi connectivity index (χ4v) is 4.07. The first kappa shape index (κ1) is 13.8. The van der Waals surface area contributed by atoms with Crippen molar-refractivity contribution in [2.24, 2.45) is 11.3 Å². The van der Waals surface area contributed by atoms with Crippen LogP contribution in [0.2, 0.25) is 0 Å². The topological polar surface area (TPSA) is 15.3 Å². The molecule has 1 saturated carbocycles. The summed E-state index contributed by atoms with van der Waals surface area (Å²) in [6, 6.07) is 9.62. The molecule has 0 aromatic heterocycles. The van der Waals surface area contributed by atoms with Crippen LogP contribution in [-0.2, 0) is 0 Å². The van der Waals surface area contributed by atoms with Crippen molar-refractivity contribution in [3.63, 3.8) is 0 Å². The Bertz CT molecular complexity index is 460. The van der Waals surface area contributed by atoms with Gasteiger partial charge in [-0.3, -0.25) is 0 Å². The van der Waals surface area contributed by atoms with Crippen molar-refractivity contribution in [2.45, 2.75) is 52.5 Å². The van der Waals surface area contributed by atoms with E-state index in [1.807, 2.05) is 0 Å². The molecule has 1 aromatic rings. The van der Waals surface area contributed by atoms with Gasteiger partial charge in [-0.05, 0) is 55.2 Å². The highest BCUT2D eigenvalue weighted by atomic mass is 15.1. The SMILES string of the molecule is CC1CC(C)(C)CC1Nc1cccc(N2CCCC2)c1. The van der Waals surface area contributed by atoms with Crippen LogP contribution < -0.4 is 10.2 Å². The van der Waals surface area contributed by atoms with E-state index < -0.39 is 0 Å². The number of rotatable bonds is 3. The predicted molar refractivity (Wildman–Crippen MR) is 87.5 cm³/mol. The van der Waals surface area contributed by atoms with Crippen LogP contribution in [0.1, 0.15) is 46.5 Å². The van der Waals surface area contributed by atoms with Crippen molar-refractivity contribution < 1.29 is 0 Å². The molecule has 2 unspecified atom stereocenters. The van der Waals surface area contributed by atoms with Crippen LogP contribution in [0.15, 0.2) is 24.3 Å². The Hall–Kier alpha value is -1.18. The standard InChI is InChI=1S/C18H28N2/c1-14-12-18(2,3)13-17(14)19-15-7-6-8-16(11-15)20-9-4-5-10-20/h6-8,11,14,17,19H,4-5,9-10,12-13H2,1-3H3. The number of nitrogens with one attached hydrogen (secondary N) is 1. The zero-order valence-corrected chi connectivity index (χ0v) is 13.2. The molecular formula is C18H28N2. The van der Waals surface area contributed by atoms with Gasteiger partial charge in [0.2, 0.25) is 0 Å². The number of hydrogen-bond acceptors (Lipinski definition) is 2. The average molecular weight is 272 g/mol. The first-order chi connectivity index (χ1) is 9.53. The van der Waals surface area contributed by atoms with Crippen molar-refractivity contribution in [2.75, 3.05) is 23.3 Å². The van der Waals surface area contributed by atoms with E-state index in [-0.39, 0.29) is 0 Å². The van der Waals surface area contributed by atoms with E-state index >= 15 is 0 Å². The monoisotopic (exact) mass is 272 g/mol. The third kappa shape index (κ3) is 2.94. The summed E-state index contributed by atoms with van der Waals surface area (Å²) >= 11 is 0. The van der Waals surface area contributed by atoms with Gasteiger partial charge in [0, 0.05) is 30.5 Å². The molecule has 0 bridgehead atoms. The van der Waals surface area contributed by atoms with Gasteiger partial charge in [0.25, 0.3) is 0 Å². The minimum Gasteiger partial charge on any atom is -0.382 e. The molecule has 0 radical (unpaired) electrons. The Morgan fingerprint density at radius 3 is 2.55 bits per heavy atom. The molecule has 3 rings (SSSR count). The summed E-state index contributed by atoms with van der Waals surface area (Å²) in [4.78, 5) is 2.51. The smallest absolute Gasteiger partial charge is 0.0386 e. The highest BCUT2D eigenvalue weighted by Crippen LogP contribution is 2.42. The first-order valence-electron chi connectivity index (χ1n) is 8.15. The Labute approximate surface area is 123 Å². The molecule has 2 fully saturated rings. The van der Waals surface area contributed by atoms with E-state index in [9.17, 15) is 0 Å². The van der Waals surface area contributed by atoms with Crippen molar-refractivity contribution >= 4 is 11.4 Å². The molecule has 1 aliphatic heterocycles. The number of hydrogen-bond donors (Lipinski definition) is 1. The van der Waals surface area contributed by atoms with Gasteiger partial charge in [0.05, 0.1) is 0 Å². The molecule has 2 nitrogen and oxygen atoms in total. The van der Waals surface area contributed by atoms with Crippen LogP contribution in [0.3, 0.4) is 0 Å². The molecule has 1 aliphatic carbocycles. The summed E-state index contributed by atoms with van der Waals surface area (Å²) in [5, 5.41) is 3.78. The fraction of sp³-hybridized carbons (Fsp3) is 0.667. The summed E-state index contributed by atoms with van der Waals surface area (Å²) in [6.07, 6.45) is 5.29. The quantitative estimate of drug-likeness (QED) is 0.870. The zero-order chi connectivity index (χ0) is 14.2. The van der Waals surface area contributed by atoms with Gasteiger partial charge in [-0.1, -0.05) is 26.8 Å². The van der Waals surface area contributed by atoms with E-state index in [1.165, 1.54) is 50.1 Å². The summed E-state index contributed by atoms with van der Waals surface area (Å²) in [5.41, 5.74) is 3.17. The van der Waals surface area contributed by atoms with Gasteiger partial charge in [-0.15, -0.1) is 0 Å². The highest BCUT2D eigenvalue weighted by molar-refractivity contribution is 5.59. The normalized spacial score (nSPS) is 28.9. The summed E-state index contributed by atoms with van der Waals surface area (Å²) in [6.45, 7) is 9.61. The number of anilines is 2. The van der Waals surface area contributed by atoms with Crippen molar-refractivity contribution in [1.29, 1.82) is 0 Å². The van der Waals surface area contributed by atoms with E-state index in [2.05, 4.69) is 55.3 Å². The van der Waals surface area contributed by atoms with Crippen LogP contribution >= 0.6 is 0 Å². The van der Waals surface area contributed by atoms with Gasteiger partial charge >= 0.3 is 0 Å². The molecule has 0 amide bonds.